The van der Waals surface area contributed by atoms with Crippen LogP contribution in [-0.4, -0.2) is 13.4 Å². The molecule has 0 aliphatic heterocycles. The summed E-state index contributed by atoms with van der Waals surface area (Å²) in [6, 6.07) is 8.46. The van der Waals surface area contributed by atoms with E-state index < -0.39 is 21.8 Å². The Bertz CT molecular complexity index is 1010. The molecule has 0 atom stereocenters. The van der Waals surface area contributed by atoms with E-state index in [0.717, 1.165) is 27.9 Å². The Morgan fingerprint density at radius 2 is 1.88 bits per heavy atom. The van der Waals surface area contributed by atoms with Crippen LogP contribution in [-0.2, 0) is 16.2 Å². The molecule has 126 valence electrons. The maximum atomic E-state index is 12.7. The topological polar surface area (TPSA) is 59.1 Å². The quantitative estimate of drug-likeness (QED) is 0.740. The minimum absolute atomic E-state index is 0.0577. The van der Waals surface area contributed by atoms with Crippen LogP contribution in [0.15, 0.2) is 47.4 Å². The fraction of sp³-hybridized carbons (Fsp3) is 0.133. The Labute approximate surface area is 140 Å². The summed E-state index contributed by atoms with van der Waals surface area (Å²) in [5, 5.41) is 0.797. The average Bonchev–Trinajstić information content (AvgIpc) is 2.85. The minimum atomic E-state index is -4.54. The molecular weight excluding hydrogens is 361 g/mol. The molecule has 0 aliphatic carbocycles. The second-order valence-corrected chi connectivity index (χ2v) is 7.96. The number of anilines is 1. The molecule has 0 radical (unpaired) electrons. The molecule has 0 aliphatic rings. The van der Waals surface area contributed by atoms with Crippen LogP contribution in [0.4, 0.5) is 18.9 Å². The van der Waals surface area contributed by atoms with Crippen LogP contribution in [0.1, 0.15) is 10.6 Å². The summed E-state index contributed by atoms with van der Waals surface area (Å²) in [5.74, 6) is 0. The monoisotopic (exact) mass is 372 g/mol. The molecule has 0 unspecified atom stereocenters. The number of rotatable bonds is 3. The van der Waals surface area contributed by atoms with Crippen molar-refractivity contribution in [2.75, 3.05) is 4.72 Å². The molecule has 0 fully saturated rings. The second-order valence-electron chi connectivity index (χ2n) is 5.05. The number of alkyl halides is 3. The van der Waals surface area contributed by atoms with E-state index in [9.17, 15) is 21.6 Å². The molecule has 0 bridgehead atoms. The molecule has 3 aromatic rings. The van der Waals surface area contributed by atoms with Gasteiger partial charge in [-0.1, -0.05) is 6.07 Å². The molecule has 0 spiro atoms. The van der Waals surface area contributed by atoms with Crippen molar-refractivity contribution in [1.29, 1.82) is 0 Å². The van der Waals surface area contributed by atoms with Gasteiger partial charge in [0.1, 0.15) is 0 Å². The molecule has 9 heteroatoms. The number of nitrogens with one attached hydrogen (secondary N) is 1. The van der Waals surface area contributed by atoms with Crippen LogP contribution >= 0.6 is 11.3 Å². The molecule has 2 aromatic carbocycles. The first kappa shape index (κ1) is 16.7. The molecular formula is C15H11F3N2O2S2. The van der Waals surface area contributed by atoms with E-state index in [4.69, 9.17) is 0 Å². The van der Waals surface area contributed by atoms with Gasteiger partial charge in [0.15, 0.2) is 0 Å². The maximum absolute atomic E-state index is 12.7. The first-order chi connectivity index (χ1) is 11.1. The smallest absolute Gasteiger partial charge is 0.280 e. The first-order valence-corrected chi connectivity index (χ1v) is 9.02. The molecule has 3 rings (SSSR count). The Morgan fingerprint density at radius 1 is 1.12 bits per heavy atom. The summed E-state index contributed by atoms with van der Waals surface area (Å²) in [7, 11) is -4.01. The molecule has 0 saturated heterocycles. The van der Waals surface area contributed by atoms with Crippen LogP contribution in [0.2, 0.25) is 0 Å². The zero-order chi connectivity index (χ0) is 17.5. The SMILES string of the molecule is Cc1nc2cc(S(=O)(=O)Nc3cccc(C(F)(F)F)c3)ccc2s1. The van der Waals surface area contributed by atoms with Gasteiger partial charge >= 0.3 is 6.18 Å². The highest BCUT2D eigenvalue weighted by atomic mass is 32.2. The number of nitrogens with zero attached hydrogens (tertiary/aromatic N) is 1. The van der Waals surface area contributed by atoms with Gasteiger partial charge in [-0.3, -0.25) is 4.72 Å². The summed E-state index contributed by atoms with van der Waals surface area (Å²) < 4.78 is 65.9. The first-order valence-electron chi connectivity index (χ1n) is 6.72. The van der Waals surface area contributed by atoms with Crippen molar-refractivity contribution >= 4 is 37.3 Å². The van der Waals surface area contributed by atoms with Crippen LogP contribution in [0, 0.1) is 6.92 Å². The van der Waals surface area contributed by atoms with Crippen molar-refractivity contribution in [2.45, 2.75) is 18.0 Å². The highest BCUT2D eigenvalue weighted by molar-refractivity contribution is 7.92. The minimum Gasteiger partial charge on any atom is -0.280 e. The Kier molecular flexibility index (Phi) is 4.00. The van der Waals surface area contributed by atoms with Gasteiger partial charge in [-0.05, 0) is 43.3 Å². The predicted molar refractivity (Wildman–Crippen MR) is 86.6 cm³/mol. The van der Waals surface area contributed by atoms with Gasteiger partial charge in [-0.25, -0.2) is 13.4 Å². The molecule has 24 heavy (non-hydrogen) atoms. The summed E-state index contributed by atoms with van der Waals surface area (Å²) in [6.45, 7) is 1.81. The zero-order valence-electron chi connectivity index (χ0n) is 12.3. The van der Waals surface area contributed by atoms with E-state index in [1.165, 1.54) is 29.5 Å². The molecule has 0 amide bonds. The lowest BCUT2D eigenvalue weighted by atomic mass is 10.2. The number of halogens is 3. The van der Waals surface area contributed by atoms with Gasteiger partial charge in [0.05, 0.1) is 25.7 Å². The number of thiazole rings is 1. The number of sulfonamides is 1. The third-order valence-electron chi connectivity index (χ3n) is 3.22. The van der Waals surface area contributed by atoms with Crippen molar-refractivity contribution in [3.05, 3.63) is 53.0 Å². The van der Waals surface area contributed by atoms with Crippen molar-refractivity contribution in [3.63, 3.8) is 0 Å². The summed E-state index contributed by atoms with van der Waals surface area (Å²) >= 11 is 1.43. The Hall–Kier alpha value is -2.13. The molecule has 1 aromatic heterocycles. The number of benzene rings is 2. The third kappa shape index (κ3) is 3.36. The predicted octanol–water partition coefficient (Wildman–Crippen LogP) is 4.42. The van der Waals surface area contributed by atoms with Gasteiger partial charge in [0.25, 0.3) is 10.0 Å². The number of hydrogen-bond acceptors (Lipinski definition) is 4. The lowest BCUT2D eigenvalue weighted by Gasteiger charge is -2.11. The number of aryl methyl sites for hydroxylation is 1. The Morgan fingerprint density at radius 3 is 2.58 bits per heavy atom. The van der Waals surface area contributed by atoms with E-state index in [0.29, 0.717) is 5.52 Å². The highest BCUT2D eigenvalue weighted by Crippen LogP contribution is 2.31. The van der Waals surface area contributed by atoms with E-state index in [-0.39, 0.29) is 10.6 Å². The standard InChI is InChI=1S/C15H11F3N2O2S2/c1-9-19-13-8-12(5-6-14(13)23-9)24(21,22)20-11-4-2-3-10(7-11)15(16,17)18/h2-8,20H,1H3. The lowest BCUT2D eigenvalue weighted by Crippen LogP contribution is -2.14. The fourth-order valence-corrected chi connectivity index (χ4v) is 4.04. The largest absolute Gasteiger partial charge is 0.416 e. The van der Waals surface area contributed by atoms with E-state index in [1.807, 2.05) is 0 Å². The fourth-order valence-electron chi connectivity index (χ4n) is 2.16. The van der Waals surface area contributed by atoms with Gasteiger partial charge in [-0.15, -0.1) is 11.3 Å². The normalized spacial score (nSPS) is 12.5. The summed E-state index contributed by atoms with van der Waals surface area (Å²) in [4.78, 5) is 4.16. The van der Waals surface area contributed by atoms with E-state index in [1.54, 1.807) is 13.0 Å². The van der Waals surface area contributed by atoms with Crippen molar-refractivity contribution < 1.29 is 21.6 Å². The van der Waals surface area contributed by atoms with Crippen LogP contribution in [0.25, 0.3) is 10.2 Å². The van der Waals surface area contributed by atoms with Gasteiger partial charge in [0, 0.05) is 5.69 Å². The molecule has 4 nitrogen and oxygen atoms in total. The van der Waals surface area contributed by atoms with Crippen molar-refractivity contribution in [2.24, 2.45) is 0 Å². The van der Waals surface area contributed by atoms with E-state index >= 15 is 0 Å². The Balaban J connectivity index is 1.95. The van der Waals surface area contributed by atoms with Gasteiger partial charge < -0.3 is 0 Å². The second kappa shape index (κ2) is 5.75. The van der Waals surface area contributed by atoms with Crippen molar-refractivity contribution in [1.82, 2.24) is 4.98 Å². The van der Waals surface area contributed by atoms with Crippen molar-refractivity contribution in [3.8, 4) is 0 Å². The number of fused-ring (bicyclic) bond motifs is 1. The number of aromatic nitrogens is 1. The third-order valence-corrected chi connectivity index (χ3v) is 5.55. The summed E-state index contributed by atoms with van der Waals surface area (Å²) in [6.07, 6.45) is -4.54. The van der Waals surface area contributed by atoms with E-state index in [2.05, 4.69) is 9.71 Å². The lowest BCUT2D eigenvalue weighted by molar-refractivity contribution is -0.137. The van der Waals surface area contributed by atoms with Gasteiger partial charge in [-0.2, -0.15) is 13.2 Å². The maximum Gasteiger partial charge on any atom is 0.416 e. The van der Waals surface area contributed by atoms with Gasteiger partial charge in [0.2, 0.25) is 0 Å². The summed E-state index contributed by atoms with van der Waals surface area (Å²) in [5.41, 5.74) is -0.544. The molecule has 1 heterocycles. The number of hydrogen-bond donors (Lipinski definition) is 1. The van der Waals surface area contributed by atoms with Crippen LogP contribution in [0.3, 0.4) is 0 Å². The molecule has 0 saturated carbocycles. The van der Waals surface area contributed by atoms with Crippen LogP contribution < -0.4 is 4.72 Å². The molecule has 1 N–H and O–H groups in total. The average molecular weight is 372 g/mol. The highest BCUT2D eigenvalue weighted by Gasteiger charge is 2.30. The zero-order valence-corrected chi connectivity index (χ0v) is 13.9. The van der Waals surface area contributed by atoms with Crippen LogP contribution in [0.5, 0.6) is 0 Å².